The van der Waals surface area contributed by atoms with Gasteiger partial charge in [-0.1, -0.05) is 0 Å². The van der Waals surface area contributed by atoms with Crippen molar-refractivity contribution in [3.05, 3.63) is 0 Å². The molecule has 1 aliphatic rings. The predicted octanol–water partition coefficient (Wildman–Crippen LogP) is 0.255. The molecule has 0 unspecified atom stereocenters. The van der Waals surface area contributed by atoms with Gasteiger partial charge >= 0.3 is 0 Å². The highest BCUT2D eigenvalue weighted by molar-refractivity contribution is 8.00. The molecule has 0 aromatic rings. The van der Waals surface area contributed by atoms with Gasteiger partial charge in [0.05, 0.1) is 5.37 Å². The Labute approximate surface area is 48.0 Å². The Morgan fingerprint density at radius 1 is 1.86 bits per heavy atom. The van der Waals surface area contributed by atoms with Crippen LogP contribution in [0, 0.1) is 0 Å². The first-order valence-electron chi connectivity index (χ1n) is 2.43. The molecule has 0 saturated carbocycles. The molecule has 2 N–H and O–H groups in total. The lowest BCUT2D eigenvalue weighted by molar-refractivity contribution is 0.311. The van der Waals surface area contributed by atoms with Gasteiger partial charge in [0.2, 0.25) is 0 Å². The first-order valence-corrected chi connectivity index (χ1v) is 3.48. The number of nitrogens with zero attached hydrogens (tertiary/aromatic N) is 1. The molecule has 1 rings (SSSR count). The smallest absolute Gasteiger partial charge is 0.0666 e. The first-order chi connectivity index (χ1) is 3.30. The van der Waals surface area contributed by atoms with E-state index >= 15 is 0 Å². The van der Waals surface area contributed by atoms with E-state index in [1.54, 1.807) is 0 Å². The van der Waals surface area contributed by atoms with Gasteiger partial charge in [0.1, 0.15) is 0 Å². The molecule has 0 bridgehead atoms. The maximum atomic E-state index is 5.49. The zero-order chi connectivity index (χ0) is 5.28. The summed E-state index contributed by atoms with van der Waals surface area (Å²) in [5.41, 5.74) is 0. The normalized spacial score (nSPS) is 34.3. The third-order valence-corrected chi connectivity index (χ3v) is 2.35. The SMILES string of the molecule is C[C@@H]1SCCN1N. The average Bonchev–Trinajstić information content (AvgIpc) is 1.91. The molecule has 0 aromatic carbocycles. The number of hydrogen-bond donors (Lipinski definition) is 1. The van der Waals surface area contributed by atoms with Gasteiger partial charge in [-0.2, -0.15) is 0 Å². The molecule has 42 valence electrons. The van der Waals surface area contributed by atoms with Crippen LogP contribution in [0.5, 0.6) is 0 Å². The van der Waals surface area contributed by atoms with Gasteiger partial charge in [0.15, 0.2) is 0 Å². The average molecular weight is 118 g/mol. The Balaban J connectivity index is 2.33. The topological polar surface area (TPSA) is 29.3 Å². The van der Waals surface area contributed by atoms with Crippen molar-refractivity contribution in [3.8, 4) is 0 Å². The molecule has 0 amide bonds. The number of hydrazine groups is 1. The quantitative estimate of drug-likeness (QED) is 0.462. The fourth-order valence-electron chi connectivity index (χ4n) is 0.606. The van der Waals surface area contributed by atoms with Crippen LogP contribution in [0.4, 0.5) is 0 Å². The summed E-state index contributed by atoms with van der Waals surface area (Å²) in [6.45, 7) is 3.17. The molecule has 1 atom stereocenters. The first kappa shape index (κ1) is 5.41. The molecule has 0 aromatic heterocycles. The van der Waals surface area contributed by atoms with Crippen molar-refractivity contribution in [2.24, 2.45) is 5.84 Å². The van der Waals surface area contributed by atoms with E-state index in [2.05, 4.69) is 6.92 Å². The molecule has 7 heavy (non-hydrogen) atoms. The fraction of sp³-hybridized carbons (Fsp3) is 1.00. The third kappa shape index (κ3) is 1.08. The van der Waals surface area contributed by atoms with E-state index < -0.39 is 0 Å². The van der Waals surface area contributed by atoms with Crippen molar-refractivity contribution in [3.63, 3.8) is 0 Å². The van der Waals surface area contributed by atoms with E-state index in [1.165, 1.54) is 5.75 Å². The van der Waals surface area contributed by atoms with Gasteiger partial charge in [0.25, 0.3) is 0 Å². The molecule has 3 heteroatoms. The van der Waals surface area contributed by atoms with E-state index in [0.29, 0.717) is 5.37 Å². The van der Waals surface area contributed by atoms with Crippen LogP contribution in [0.3, 0.4) is 0 Å². The van der Waals surface area contributed by atoms with Crippen LogP contribution in [-0.4, -0.2) is 22.7 Å². The van der Waals surface area contributed by atoms with Gasteiger partial charge in [-0.15, -0.1) is 11.8 Å². The summed E-state index contributed by atoms with van der Waals surface area (Å²) in [5, 5.41) is 2.41. The van der Waals surface area contributed by atoms with Crippen molar-refractivity contribution < 1.29 is 0 Å². The molecule has 0 spiro atoms. The summed E-state index contributed by atoms with van der Waals surface area (Å²) in [6.07, 6.45) is 0. The minimum absolute atomic E-state index is 0.542. The van der Waals surface area contributed by atoms with Crippen molar-refractivity contribution >= 4 is 11.8 Å². The van der Waals surface area contributed by atoms with Crippen LogP contribution in [0.25, 0.3) is 0 Å². The molecule has 0 radical (unpaired) electrons. The maximum Gasteiger partial charge on any atom is 0.0666 e. The van der Waals surface area contributed by atoms with Gasteiger partial charge < -0.3 is 0 Å². The van der Waals surface area contributed by atoms with Crippen LogP contribution in [0.15, 0.2) is 0 Å². The van der Waals surface area contributed by atoms with Crippen molar-refractivity contribution in [2.45, 2.75) is 12.3 Å². The van der Waals surface area contributed by atoms with Crippen LogP contribution >= 0.6 is 11.8 Å². The second-order valence-electron chi connectivity index (χ2n) is 1.71. The van der Waals surface area contributed by atoms with E-state index in [4.69, 9.17) is 5.84 Å². The Hall–Kier alpha value is 0.270. The largest absolute Gasteiger partial charge is 0.268 e. The van der Waals surface area contributed by atoms with Gasteiger partial charge in [-0.25, -0.2) is 5.01 Å². The Morgan fingerprint density at radius 2 is 2.57 bits per heavy atom. The highest BCUT2D eigenvalue weighted by Crippen LogP contribution is 2.18. The highest BCUT2D eigenvalue weighted by Gasteiger charge is 2.15. The highest BCUT2D eigenvalue weighted by atomic mass is 32.2. The van der Waals surface area contributed by atoms with Crippen molar-refractivity contribution in [1.29, 1.82) is 0 Å². The summed E-state index contributed by atoms with van der Waals surface area (Å²) in [7, 11) is 0. The van der Waals surface area contributed by atoms with Crippen LogP contribution in [-0.2, 0) is 0 Å². The predicted molar refractivity (Wildman–Crippen MR) is 32.8 cm³/mol. The lowest BCUT2D eigenvalue weighted by Gasteiger charge is -2.10. The number of hydrogen-bond acceptors (Lipinski definition) is 3. The molecular weight excluding hydrogens is 108 g/mol. The second kappa shape index (κ2) is 2.03. The van der Waals surface area contributed by atoms with Gasteiger partial charge in [0, 0.05) is 12.3 Å². The molecule has 1 saturated heterocycles. The summed E-state index contributed by atoms with van der Waals surface area (Å²) in [6, 6.07) is 0. The van der Waals surface area contributed by atoms with Gasteiger partial charge in [-0.3, -0.25) is 5.84 Å². The molecule has 1 fully saturated rings. The third-order valence-electron chi connectivity index (χ3n) is 1.18. The zero-order valence-electron chi connectivity index (χ0n) is 4.42. The molecule has 0 aliphatic carbocycles. The van der Waals surface area contributed by atoms with Gasteiger partial charge in [-0.05, 0) is 6.92 Å². The van der Waals surface area contributed by atoms with Crippen LogP contribution < -0.4 is 5.84 Å². The van der Waals surface area contributed by atoms with Crippen molar-refractivity contribution in [1.82, 2.24) is 5.01 Å². The standard InChI is InChI=1S/C4H10N2S/c1-4-6(5)2-3-7-4/h4H,2-3,5H2,1H3/t4-/m0/s1. The van der Waals surface area contributed by atoms with E-state index in [-0.39, 0.29) is 0 Å². The second-order valence-corrected chi connectivity index (χ2v) is 3.13. The number of thioether (sulfide) groups is 1. The Kier molecular flexibility index (Phi) is 1.57. The minimum Gasteiger partial charge on any atom is -0.268 e. The lowest BCUT2D eigenvalue weighted by Crippen LogP contribution is -2.32. The number of nitrogens with two attached hydrogens (primary N) is 1. The summed E-state index contributed by atoms with van der Waals surface area (Å²) >= 11 is 1.91. The maximum absolute atomic E-state index is 5.49. The number of rotatable bonds is 0. The monoisotopic (exact) mass is 118 g/mol. The molecular formula is C4H10N2S. The fourth-order valence-corrected chi connectivity index (χ4v) is 1.56. The summed E-state index contributed by atoms with van der Waals surface area (Å²) in [4.78, 5) is 0. The summed E-state index contributed by atoms with van der Waals surface area (Å²) < 4.78 is 0. The van der Waals surface area contributed by atoms with E-state index in [9.17, 15) is 0 Å². The lowest BCUT2D eigenvalue weighted by atomic mass is 10.6. The Morgan fingerprint density at radius 3 is 2.71 bits per heavy atom. The minimum atomic E-state index is 0.542. The van der Waals surface area contributed by atoms with Crippen LogP contribution in [0.2, 0.25) is 0 Å². The summed E-state index contributed by atoms with van der Waals surface area (Å²) in [5.74, 6) is 6.68. The zero-order valence-corrected chi connectivity index (χ0v) is 5.24. The van der Waals surface area contributed by atoms with Crippen LogP contribution in [0.1, 0.15) is 6.92 Å². The van der Waals surface area contributed by atoms with Crippen molar-refractivity contribution in [2.75, 3.05) is 12.3 Å². The molecule has 1 aliphatic heterocycles. The van der Waals surface area contributed by atoms with E-state index in [0.717, 1.165) is 6.54 Å². The molecule has 1 heterocycles. The van der Waals surface area contributed by atoms with E-state index in [1.807, 2.05) is 16.8 Å². The molecule has 2 nitrogen and oxygen atoms in total. The Bertz CT molecular complexity index is 58.7.